The molecule has 1 aromatic rings. The fourth-order valence-corrected chi connectivity index (χ4v) is 3.07. The van der Waals surface area contributed by atoms with E-state index in [0.29, 0.717) is 12.1 Å². The summed E-state index contributed by atoms with van der Waals surface area (Å²) >= 11 is 0. The zero-order valence-electron chi connectivity index (χ0n) is 12.4. The van der Waals surface area contributed by atoms with Gasteiger partial charge >= 0.3 is 0 Å². The van der Waals surface area contributed by atoms with Crippen LogP contribution in [0.5, 0.6) is 0 Å². The molecule has 0 radical (unpaired) electrons. The fourth-order valence-electron chi connectivity index (χ4n) is 3.07. The Morgan fingerprint density at radius 1 is 1.35 bits per heavy atom. The van der Waals surface area contributed by atoms with E-state index in [2.05, 4.69) is 24.1 Å². The van der Waals surface area contributed by atoms with Crippen molar-refractivity contribution in [1.82, 2.24) is 4.90 Å². The smallest absolute Gasteiger partial charge is 0.225 e. The summed E-state index contributed by atoms with van der Waals surface area (Å²) in [6.07, 6.45) is 1.83. The SMILES string of the molecule is CC1CC(C)CN(CCC(=O)Nc2cccc(N)c2)C1. The Hall–Kier alpha value is -1.55. The molecule has 0 saturated carbocycles. The lowest BCUT2D eigenvalue weighted by Gasteiger charge is -2.34. The number of hydrogen-bond acceptors (Lipinski definition) is 3. The molecule has 0 aliphatic carbocycles. The van der Waals surface area contributed by atoms with E-state index in [1.165, 1.54) is 6.42 Å². The van der Waals surface area contributed by atoms with Crippen LogP contribution in [-0.4, -0.2) is 30.4 Å². The maximum absolute atomic E-state index is 12.0. The molecule has 1 aromatic carbocycles. The first-order chi connectivity index (χ1) is 9.52. The molecule has 1 aliphatic heterocycles. The van der Waals surface area contributed by atoms with E-state index >= 15 is 0 Å². The van der Waals surface area contributed by atoms with Crippen LogP contribution in [0.15, 0.2) is 24.3 Å². The Labute approximate surface area is 121 Å². The number of benzene rings is 1. The van der Waals surface area contributed by atoms with Gasteiger partial charge in [0.2, 0.25) is 5.91 Å². The lowest BCUT2D eigenvalue weighted by atomic mass is 9.92. The van der Waals surface area contributed by atoms with Gasteiger partial charge in [0.05, 0.1) is 0 Å². The Morgan fingerprint density at radius 2 is 2.05 bits per heavy atom. The highest BCUT2D eigenvalue weighted by Gasteiger charge is 2.21. The predicted octanol–water partition coefficient (Wildman–Crippen LogP) is 2.58. The molecule has 1 saturated heterocycles. The fraction of sp³-hybridized carbons (Fsp3) is 0.562. The largest absolute Gasteiger partial charge is 0.399 e. The van der Waals surface area contributed by atoms with Crippen LogP contribution in [0.3, 0.4) is 0 Å². The maximum atomic E-state index is 12.0. The second kappa shape index (κ2) is 6.75. The van der Waals surface area contributed by atoms with Crippen molar-refractivity contribution in [3.63, 3.8) is 0 Å². The van der Waals surface area contributed by atoms with Crippen LogP contribution >= 0.6 is 0 Å². The Morgan fingerprint density at radius 3 is 2.70 bits per heavy atom. The van der Waals surface area contributed by atoms with E-state index < -0.39 is 0 Å². The Balaban J connectivity index is 1.77. The number of hydrogen-bond donors (Lipinski definition) is 2. The second-order valence-electron chi connectivity index (χ2n) is 6.13. The monoisotopic (exact) mass is 275 g/mol. The number of carbonyl (C=O) groups is 1. The van der Waals surface area contributed by atoms with Gasteiger partial charge in [0.15, 0.2) is 0 Å². The topological polar surface area (TPSA) is 58.4 Å². The number of likely N-dealkylation sites (tertiary alicyclic amines) is 1. The number of rotatable bonds is 4. The molecule has 0 spiro atoms. The quantitative estimate of drug-likeness (QED) is 0.830. The van der Waals surface area contributed by atoms with E-state index in [4.69, 9.17) is 5.73 Å². The average molecular weight is 275 g/mol. The van der Waals surface area contributed by atoms with Crippen LogP contribution in [0.25, 0.3) is 0 Å². The van der Waals surface area contributed by atoms with Crippen molar-refractivity contribution >= 4 is 17.3 Å². The van der Waals surface area contributed by atoms with Crippen LogP contribution in [0.2, 0.25) is 0 Å². The maximum Gasteiger partial charge on any atom is 0.225 e. The third-order valence-electron chi connectivity index (χ3n) is 3.77. The summed E-state index contributed by atoms with van der Waals surface area (Å²) in [5.74, 6) is 1.52. The van der Waals surface area contributed by atoms with Crippen LogP contribution < -0.4 is 11.1 Å². The van der Waals surface area contributed by atoms with Gasteiger partial charge in [-0.25, -0.2) is 0 Å². The summed E-state index contributed by atoms with van der Waals surface area (Å²) in [5.41, 5.74) is 7.14. The molecule has 2 unspecified atom stereocenters. The van der Waals surface area contributed by atoms with Crippen LogP contribution in [0.4, 0.5) is 11.4 Å². The van der Waals surface area contributed by atoms with Crippen LogP contribution in [-0.2, 0) is 4.79 Å². The van der Waals surface area contributed by atoms with Gasteiger partial charge in [-0.05, 0) is 36.5 Å². The van der Waals surface area contributed by atoms with Crippen LogP contribution in [0.1, 0.15) is 26.7 Å². The molecule has 1 aliphatic rings. The highest BCUT2D eigenvalue weighted by atomic mass is 16.1. The average Bonchev–Trinajstić information content (AvgIpc) is 2.35. The van der Waals surface area contributed by atoms with E-state index in [1.807, 2.05) is 18.2 Å². The molecular formula is C16H25N3O. The Bertz CT molecular complexity index is 451. The van der Waals surface area contributed by atoms with Gasteiger partial charge in [0.1, 0.15) is 0 Å². The van der Waals surface area contributed by atoms with Gasteiger partial charge in [0, 0.05) is 37.4 Å². The van der Waals surface area contributed by atoms with E-state index in [-0.39, 0.29) is 5.91 Å². The second-order valence-corrected chi connectivity index (χ2v) is 6.13. The minimum atomic E-state index is 0.0569. The highest BCUT2D eigenvalue weighted by Crippen LogP contribution is 2.21. The molecule has 2 rings (SSSR count). The molecule has 1 heterocycles. The predicted molar refractivity (Wildman–Crippen MR) is 83.5 cm³/mol. The van der Waals surface area contributed by atoms with Crippen molar-refractivity contribution in [2.45, 2.75) is 26.7 Å². The standard InChI is InChI=1S/C16H25N3O/c1-12-8-13(2)11-19(10-12)7-6-16(20)18-15-5-3-4-14(17)9-15/h3-5,9,12-13H,6-8,10-11,17H2,1-2H3,(H,18,20). The van der Waals surface area contributed by atoms with Gasteiger partial charge in [-0.1, -0.05) is 19.9 Å². The third kappa shape index (κ3) is 4.53. The summed E-state index contributed by atoms with van der Waals surface area (Å²) in [6, 6.07) is 7.30. The first kappa shape index (κ1) is 14.9. The van der Waals surface area contributed by atoms with Crippen LogP contribution in [0, 0.1) is 11.8 Å². The molecule has 20 heavy (non-hydrogen) atoms. The summed E-state index contributed by atoms with van der Waals surface area (Å²) in [4.78, 5) is 14.4. The minimum absolute atomic E-state index is 0.0569. The first-order valence-corrected chi connectivity index (χ1v) is 7.40. The summed E-state index contributed by atoms with van der Waals surface area (Å²) in [7, 11) is 0. The zero-order chi connectivity index (χ0) is 14.5. The van der Waals surface area contributed by atoms with Gasteiger partial charge in [0.25, 0.3) is 0 Å². The molecular weight excluding hydrogens is 250 g/mol. The molecule has 0 bridgehead atoms. The van der Waals surface area contributed by atoms with Gasteiger partial charge in [-0.15, -0.1) is 0 Å². The number of nitrogens with one attached hydrogen (secondary N) is 1. The summed E-state index contributed by atoms with van der Waals surface area (Å²) in [6.45, 7) is 7.62. The molecule has 4 nitrogen and oxygen atoms in total. The van der Waals surface area contributed by atoms with Crippen molar-refractivity contribution in [2.75, 3.05) is 30.7 Å². The molecule has 110 valence electrons. The zero-order valence-corrected chi connectivity index (χ0v) is 12.4. The van der Waals surface area contributed by atoms with Gasteiger partial charge < -0.3 is 16.0 Å². The summed E-state index contributed by atoms with van der Waals surface area (Å²) < 4.78 is 0. The number of nitrogens with two attached hydrogens (primary N) is 1. The number of nitrogens with zero attached hydrogens (tertiary/aromatic N) is 1. The lowest BCUT2D eigenvalue weighted by molar-refractivity contribution is -0.116. The van der Waals surface area contributed by atoms with Crippen molar-refractivity contribution in [3.8, 4) is 0 Å². The van der Waals surface area contributed by atoms with Gasteiger partial charge in [-0.2, -0.15) is 0 Å². The van der Waals surface area contributed by atoms with Gasteiger partial charge in [-0.3, -0.25) is 4.79 Å². The number of anilines is 2. The van der Waals surface area contributed by atoms with Crippen molar-refractivity contribution in [2.24, 2.45) is 11.8 Å². The number of amides is 1. The lowest BCUT2D eigenvalue weighted by Crippen LogP contribution is -2.40. The molecule has 1 amide bonds. The number of nitrogen functional groups attached to an aromatic ring is 1. The molecule has 4 heteroatoms. The van der Waals surface area contributed by atoms with E-state index in [9.17, 15) is 4.79 Å². The molecule has 3 N–H and O–H groups in total. The molecule has 2 atom stereocenters. The summed E-state index contributed by atoms with van der Waals surface area (Å²) in [5, 5.41) is 2.90. The molecule has 1 fully saturated rings. The molecule has 0 aromatic heterocycles. The van der Waals surface area contributed by atoms with Crippen molar-refractivity contribution in [3.05, 3.63) is 24.3 Å². The Kier molecular flexibility index (Phi) is 5.01. The van der Waals surface area contributed by atoms with Crippen molar-refractivity contribution < 1.29 is 4.79 Å². The highest BCUT2D eigenvalue weighted by molar-refractivity contribution is 5.91. The van der Waals surface area contributed by atoms with E-state index in [0.717, 1.165) is 37.2 Å². The third-order valence-corrected chi connectivity index (χ3v) is 3.77. The first-order valence-electron chi connectivity index (χ1n) is 7.40. The van der Waals surface area contributed by atoms with E-state index in [1.54, 1.807) is 6.07 Å². The minimum Gasteiger partial charge on any atom is -0.399 e. The normalized spacial score (nSPS) is 23.5. The number of carbonyl (C=O) groups excluding carboxylic acids is 1. The number of piperidine rings is 1. The van der Waals surface area contributed by atoms with Crippen molar-refractivity contribution in [1.29, 1.82) is 0 Å².